The summed E-state index contributed by atoms with van der Waals surface area (Å²) >= 11 is 3.56. The Morgan fingerprint density at radius 2 is 1.85 bits per heavy atom. The zero-order valence-corrected chi connectivity index (χ0v) is 20.1. The number of hydrogen-bond donors (Lipinski definition) is 3. The number of benzene rings is 1. The molecular weight excluding hydrogens is 480 g/mol. The van der Waals surface area contributed by atoms with Crippen molar-refractivity contribution in [1.82, 2.24) is 29.9 Å². The van der Waals surface area contributed by atoms with Gasteiger partial charge in [0.15, 0.2) is 5.65 Å². The van der Waals surface area contributed by atoms with E-state index in [0.717, 1.165) is 39.8 Å². The number of rotatable bonds is 7. The zero-order valence-electron chi connectivity index (χ0n) is 18.5. The fourth-order valence-corrected chi connectivity index (χ4v) is 4.70. The van der Waals surface area contributed by atoms with Crippen LogP contribution in [0.5, 0.6) is 0 Å². The third-order valence-corrected chi connectivity index (χ3v) is 6.70. The quantitative estimate of drug-likeness (QED) is 0.339. The van der Waals surface area contributed by atoms with Crippen molar-refractivity contribution in [3.8, 4) is 11.3 Å². The average Bonchev–Trinajstić information content (AvgIpc) is 3.24. The first-order valence-corrected chi connectivity index (χ1v) is 12.1. The highest BCUT2D eigenvalue weighted by Crippen LogP contribution is 2.24. The highest BCUT2D eigenvalue weighted by atomic mass is 79.9. The van der Waals surface area contributed by atoms with Crippen LogP contribution in [-0.2, 0) is 6.54 Å². The van der Waals surface area contributed by atoms with Crippen molar-refractivity contribution >= 4 is 33.5 Å². The predicted molar refractivity (Wildman–Crippen MR) is 134 cm³/mol. The molecule has 1 fully saturated rings. The lowest BCUT2D eigenvalue weighted by Crippen LogP contribution is -2.45. The third-order valence-electron chi connectivity index (χ3n) is 6.14. The van der Waals surface area contributed by atoms with Gasteiger partial charge in [-0.2, -0.15) is 19.6 Å². The van der Waals surface area contributed by atoms with Crippen LogP contribution in [-0.4, -0.2) is 43.7 Å². The molecule has 170 valence electrons. The van der Waals surface area contributed by atoms with Crippen molar-refractivity contribution in [3.63, 3.8) is 0 Å². The normalized spacial score (nSPS) is 18.4. The smallest absolute Gasteiger partial charge is 0.229 e. The maximum Gasteiger partial charge on any atom is 0.229 e. The van der Waals surface area contributed by atoms with Crippen molar-refractivity contribution in [1.29, 1.82) is 0 Å². The molecule has 0 aliphatic heterocycles. The molecule has 9 heteroatoms. The summed E-state index contributed by atoms with van der Waals surface area (Å²) in [6.07, 6.45) is 8.29. The molecule has 0 amide bonds. The molecule has 0 radical (unpaired) electrons. The van der Waals surface area contributed by atoms with Gasteiger partial charge in [0.2, 0.25) is 11.9 Å². The molecule has 2 atom stereocenters. The van der Waals surface area contributed by atoms with Crippen LogP contribution in [0.4, 0.5) is 11.9 Å². The van der Waals surface area contributed by atoms with Crippen molar-refractivity contribution in [2.75, 3.05) is 17.7 Å². The first kappa shape index (κ1) is 21.8. The molecule has 0 saturated heterocycles. The van der Waals surface area contributed by atoms with Crippen LogP contribution in [0.15, 0.2) is 59.3 Å². The Hall–Kier alpha value is -3.04. The summed E-state index contributed by atoms with van der Waals surface area (Å²) in [6, 6.07) is 15.0. The minimum absolute atomic E-state index is 0.305. The summed E-state index contributed by atoms with van der Waals surface area (Å²) in [5.41, 5.74) is 3.94. The lowest BCUT2D eigenvalue weighted by molar-refractivity contribution is 0.360. The van der Waals surface area contributed by atoms with Gasteiger partial charge in [-0.25, -0.2) is 0 Å². The number of likely N-dealkylation sites (N-methyl/N-ethyl adjacent to an activating group) is 1. The molecule has 1 aliphatic rings. The molecule has 1 aliphatic carbocycles. The van der Waals surface area contributed by atoms with E-state index in [4.69, 9.17) is 9.97 Å². The second kappa shape index (κ2) is 9.84. The number of nitrogens with zero attached hydrogens (tertiary/aromatic N) is 5. The molecule has 33 heavy (non-hydrogen) atoms. The predicted octanol–water partition coefficient (Wildman–Crippen LogP) is 4.50. The Balaban J connectivity index is 1.35. The lowest BCUT2D eigenvalue weighted by atomic mass is 9.90. The van der Waals surface area contributed by atoms with Gasteiger partial charge >= 0.3 is 0 Å². The lowest BCUT2D eigenvalue weighted by Gasteiger charge is -2.32. The van der Waals surface area contributed by atoms with Crippen molar-refractivity contribution in [2.45, 2.75) is 44.3 Å². The van der Waals surface area contributed by atoms with E-state index < -0.39 is 0 Å². The summed E-state index contributed by atoms with van der Waals surface area (Å²) in [4.78, 5) is 13.9. The van der Waals surface area contributed by atoms with Gasteiger partial charge in [0, 0.05) is 30.4 Å². The number of halogens is 1. The van der Waals surface area contributed by atoms with Crippen LogP contribution in [0.25, 0.3) is 16.9 Å². The molecule has 1 saturated carbocycles. The fourth-order valence-electron chi connectivity index (χ4n) is 4.35. The van der Waals surface area contributed by atoms with E-state index in [0.29, 0.717) is 30.5 Å². The monoisotopic (exact) mass is 506 g/mol. The molecule has 3 heterocycles. The number of anilines is 2. The summed E-state index contributed by atoms with van der Waals surface area (Å²) in [7, 11) is 2.02. The van der Waals surface area contributed by atoms with Gasteiger partial charge < -0.3 is 16.0 Å². The van der Waals surface area contributed by atoms with Crippen molar-refractivity contribution < 1.29 is 0 Å². The Morgan fingerprint density at radius 3 is 2.61 bits per heavy atom. The average molecular weight is 507 g/mol. The number of nitrogens with one attached hydrogen (secondary N) is 3. The number of hydrogen-bond acceptors (Lipinski definition) is 7. The van der Waals surface area contributed by atoms with E-state index in [-0.39, 0.29) is 0 Å². The maximum atomic E-state index is 4.77. The first-order chi connectivity index (χ1) is 16.2. The maximum absolute atomic E-state index is 4.77. The van der Waals surface area contributed by atoms with Gasteiger partial charge in [0.1, 0.15) is 0 Å². The van der Waals surface area contributed by atoms with Crippen LogP contribution < -0.4 is 16.0 Å². The molecule has 3 N–H and O–H groups in total. The van der Waals surface area contributed by atoms with E-state index in [1.54, 1.807) is 10.7 Å². The van der Waals surface area contributed by atoms with Gasteiger partial charge in [-0.1, -0.05) is 43.2 Å². The Bertz CT molecular complexity index is 1210. The largest absolute Gasteiger partial charge is 0.350 e. The van der Waals surface area contributed by atoms with Crippen LogP contribution in [0.3, 0.4) is 0 Å². The second-order valence-electron chi connectivity index (χ2n) is 8.29. The van der Waals surface area contributed by atoms with Gasteiger partial charge in [0.25, 0.3) is 0 Å². The summed E-state index contributed by atoms with van der Waals surface area (Å²) < 4.78 is 2.57. The highest BCUT2D eigenvalue weighted by Gasteiger charge is 2.25. The van der Waals surface area contributed by atoms with E-state index in [2.05, 4.69) is 66.2 Å². The highest BCUT2D eigenvalue weighted by molar-refractivity contribution is 9.10. The minimum Gasteiger partial charge on any atom is -0.350 e. The van der Waals surface area contributed by atoms with Crippen molar-refractivity contribution in [3.05, 3.63) is 64.9 Å². The molecule has 5 rings (SSSR count). The van der Waals surface area contributed by atoms with E-state index in [1.807, 2.05) is 31.4 Å². The van der Waals surface area contributed by atoms with E-state index >= 15 is 0 Å². The van der Waals surface area contributed by atoms with Crippen LogP contribution >= 0.6 is 15.9 Å². The van der Waals surface area contributed by atoms with E-state index in [9.17, 15) is 0 Å². The van der Waals surface area contributed by atoms with Gasteiger partial charge in [-0.15, -0.1) is 0 Å². The van der Waals surface area contributed by atoms with Gasteiger partial charge in [-0.05, 0) is 53.5 Å². The van der Waals surface area contributed by atoms with Crippen molar-refractivity contribution in [2.24, 2.45) is 0 Å². The summed E-state index contributed by atoms with van der Waals surface area (Å²) in [6.45, 7) is 0.619. The zero-order chi connectivity index (χ0) is 22.6. The molecular formula is C24H27BrN8. The molecule has 3 aromatic heterocycles. The van der Waals surface area contributed by atoms with Crippen LogP contribution in [0.1, 0.15) is 31.2 Å². The molecule has 0 unspecified atom stereocenters. The number of fused-ring (bicyclic) bond motifs is 1. The molecule has 8 nitrogen and oxygen atoms in total. The molecule has 1 aromatic carbocycles. The Labute approximate surface area is 201 Å². The summed E-state index contributed by atoms with van der Waals surface area (Å²) in [5, 5.41) is 14.9. The van der Waals surface area contributed by atoms with E-state index in [1.165, 1.54) is 12.8 Å². The third kappa shape index (κ3) is 4.84. The molecule has 0 bridgehead atoms. The standard InChI is InChI=1S/C24H27BrN8/c1-26-20-7-2-3-8-21(20)30-23-31-22-18(25)15-29-33(22)24(32-23)28-14-16-9-11-17(12-10-16)19-6-4-5-13-27-19/h4-6,9-13,15,20-21,26H,2-3,7-8,14H2,1H3,(H2,28,30,31,32)/t20-,21-/m0/s1. The summed E-state index contributed by atoms with van der Waals surface area (Å²) in [5.74, 6) is 1.27. The van der Waals surface area contributed by atoms with Crippen LogP contribution in [0.2, 0.25) is 0 Å². The number of aromatic nitrogens is 5. The first-order valence-electron chi connectivity index (χ1n) is 11.3. The molecule has 4 aromatic rings. The number of pyridine rings is 1. The minimum atomic E-state index is 0.305. The Morgan fingerprint density at radius 1 is 1.03 bits per heavy atom. The van der Waals surface area contributed by atoms with Crippen LogP contribution in [0, 0.1) is 0 Å². The topological polar surface area (TPSA) is 92.1 Å². The SMILES string of the molecule is CN[C@H]1CCCC[C@@H]1Nc1nc(NCc2ccc(-c3ccccn3)cc2)n2ncc(Br)c2n1. The molecule has 0 spiro atoms. The van der Waals surface area contributed by atoms with Gasteiger partial charge in [-0.3, -0.25) is 4.98 Å². The fraction of sp³-hybridized carbons (Fsp3) is 0.333. The Kier molecular flexibility index (Phi) is 6.50. The van der Waals surface area contributed by atoms with Gasteiger partial charge in [0.05, 0.1) is 16.4 Å². The second-order valence-corrected chi connectivity index (χ2v) is 9.15.